The van der Waals surface area contributed by atoms with E-state index >= 15 is 0 Å². The van der Waals surface area contributed by atoms with Crippen LogP contribution in [0.2, 0.25) is 0 Å². The molecule has 0 aliphatic heterocycles. The van der Waals surface area contributed by atoms with Crippen molar-refractivity contribution < 1.29 is 23.1 Å². The lowest BCUT2D eigenvalue weighted by molar-refractivity contribution is -0.161. The third-order valence-corrected chi connectivity index (χ3v) is 7.15. The molecule has 2 fully saturated rings. The van der Waals surface area contributed by atoms with E-state index < -0.39 is 17.1 Å². The monoisotopic (exact) mass is 495 g/mol. The first kappa shape index (κ1) is 26.1. The number of nitrogens with one attached hydrogen (secondary N) is 1. The molecule has 1 N–H and O–H groups in total. The number of rotatable bonds is 8. The summed E-state index contributed by atoms with van der Waals surface area (Å²) >= 11 is 0. The first-order valence-electron chi connectivity index (χ1n) is 12.8. The fourth-order valence-corrected chi connectivity index (χ4v) is 5.21. The van der Waals surface area contributed by atoms with Crippen molar-refractivity contribution in [2.24, 2.45) is 11.3 Å². The van der Waals surface area contributed by atoms with E-state index in [1.807, 2.05) is 45.0 Å². The lowest BCUT2D eigenvalue weighted by Gasteiger charge is -2.24. The molecular formula is C30H35F2NO3. The number of benzene rings is 2. The molecule has 4 nitrogen and oxygen atoms in total. The largest absolute Gasteiger partial charge is 0.460 e. The van der Waals surface area contributed by atoms with Crippen molar-refractivity contribution in [3.05, 3.63) is 71.3 Å². The maximum absolute atomic E-state index is 13.5. The number of carbonyl (C=O) groups excluding carboxylic acids is 2. The molecule has 6 heteroatoms. The molecule has 0 radical (unpaired) electrons. The Morgan fingerprint density at radius 2 is 1.75 bits per heavy atom. The molecule has 0 aromatic heterocycles. The third-order valence-electron chi connectivity index (χ3n) is 7.15. The van der Waals surface area contributed by atoms with Gasteiger partial charge in [-0.15, -0.1) is 0 Å². The van der Waals surface area contributed by atoms with Crippen LogP contribution in [0.4, 0.5) is 14.5 Å². The number of hydrogen-bond donors (Lipinski definition) is 1. The number of hydrogen-bond acceptors (Lipinski definition) is 3. The van der Waals surface area contributed by atoms with Gasteiger partial charge in [0.25, 0.3) is 6.08 Å². The van der Waals surface area contributed by atoms with Crippen LogP contribution in [0.25, 0.3) is 6.08 Å². The summed E-state index contributed by atoms with van der Waals surface area (Å²) < 4.78 is 30.9. The molecule has 192 valence electrons. The predicted octanol–water partition coefficient (Wildman–Crippen LogP) is 7.50. The molecular weight excluding hydrogens is 460 g/mol. The molecule has 1 amide bonds. The van der Waals surface area contributed by atoms with Crippen LogP contribution in [-0.4, -0.2) is 17.5 Å². The standard InChI is InChI=1S/C30H35F2NO3/c1-29(2,3)36-28(35)30(15-16-30)19-21-7-6-10-24(17-21)33-27(34)26(22-8-4-5-9-22)23-13-11-20(12-14-23)18-25(31)32/h6-7,10-14,17-18,22,26H,4-5,8-9,15-16,19H2,1-3H3,(H,33,34). The molecule has 0 saturated heterocycles. The fraction of sp³-hybridized carbons (Fsp3) is 0.467. The van der Waals surface area contributed by atoms with Gasteiger partial charge in [-0.1, -0.05) is 49.2 Å². The Morgan fingerprint density at radius 3 is 2.33 bits per heavy atom. The summed E-state index contributed by atoms with van der Waals surface area (Å²) in [4.78, 5) is 26.3. The molecule has 4 rings (SSSR count). The molecule has 0 bridgehead atoms. The average Bonchev–Trinajstić information content (AvgIpc) is 3.38. The van der Waals surface area contributed by atoms with Crippen LogP contribution in [0.5, 0.6) is 0 Å². The summed E-state index contributed by atoms with van der Waals surface area (Å²) in [7, 11) is 0. The van der Waals surface area contributed by atoms with Crippen molar-refractivity contribution in [2.75, 3.05) is 5.32 Å². The van der Waals surface area contributed by atoms with Crippen LogP contribution in [0.3, 0.4) is 0 Å². The van der Waals surface area contributed by atoms with E-state index in [9.17, 15) is 18.4 Å². The number of anilines is 1. The Labute approximate surface area is 212 Å². The van der Waals surface area contributed by atoms with E-state index in [1.165, 1.54) is 0 Å². The van der Waals surface area contributed by atoms with Crippen LogP contribution in [0.15, 0.2) is 54.6 Å². The van der Waals surface area contributed by atoms with E-state index in [4.69, 9.17) is 4.74 Å². The van der Waals surface area contributed by atoms with Crippen molar-refractivity contribution in [1.29, 1.82) is 0 Å². The molecule has 2 aromatic carbocycles. The smallest absolute Gasteiger partial charge is 0.312 e. The maximum atomic E-state index is 13.5. The van der Waals surface area contributed by atoms with E-state index in [-0.39, 0.29) is 23.7 Å². The van der Waals surface area contributed by atoms with Gasteiger partial charge >= 0.3 is 5.97 Å². The Hall–Kier alpha value is -3.02. The minimum atomic E-state index is -1.74. The summed E-state index contributed by atoms with van der Waals surface area (Å²) in [5, 5.41) is 3.09. The van der Waals surface area contributed by atoms with Crippen molar-refractivity contribution in [3.8, 4) is 0 Å². The normalized spacial score (nSPS) is 17.8. The van der Waals surface area contributed by atoms with Gasteiger partial charge in [-0.25, -0.2) is 0 Å². The van der Waals surface area contributed by atoms with Crippen LogP contribution in [0.1, 0.15) is 81.9 Å². The van der Waals surface area contributed by atoms with Gasteiger partial charge in [0.1, 0.15) is 5.60 Å². The highest BCUT2D eigenvalue weighted by molar-refractivity contribution is 5.96. The summed E-state index contributed by atoms with van der Waals surface area (Å²) in [6.45, 7) is 5.63. The Bertz CT molecular complexity index is 1120. The van der Waals surface area contributed by atoms with Gasteiger partial charge in [-0.05, 0) is 87.6 Å². The minimum absolute atomic E-state index is 0.0905. The highest BCUT2D eigenvalue weighted by Gasteiger charge is 2.52. The molecule has 2 saturated carbocycles. The first-order chi connectivity index (χ1) is 17.0. The van der Waals surface area contributed by atoms with Crippen LogP contribution < -0.4 is 5.32 Å². The third kappa shape index (κ3) is 6.59. The number of esters is 1. The SMILES string of the molecule is CC(C)(C)OC(=O)C1(Cc2cccc(NC(=O)C(c3ccc(C=C(F)F)cc3)C3CCCC3)c2)CC1. The topological polar surface area (TPSA) is 55.4 Å². The number of amides is 1. The van der Waals surface area contributed by atoms with E-state index in [0.29, 0.717) is 17.7 Å². The number of ether oxygens (including phenoxy) is 1. The average molecular weight is 496 g/mol. The Balaban J connectivity index is 1.49. The Morgan fingerprint density at radius 1 is 1.08 bits per heavy atom. The van der Waals surface area contributed by atoms with E-state index in [0.717, 1.165) is 55.7 Å². The van der Waals surface area contributed by atoms with Crippen LogP contribution in [-0.2, 0) is 20.7 Å². The lowest BCUT2D eigenvalue weighted by atomic mass is 9.83. The van der Waals surface area contributed by atoms with Gasteiger partial charge < -0.3 is 10.1 Å². The zero-order chi connectivity index (χ0) is 25.9. The van der Waals surface area contributed by atoms with Gasteiger partial charge in [0.2, 0.25) is 5.91 Å². The van der Waals surface area contributed by atoms with Gasteiger partial charge in [0.15, 0.2) is 0 Å². The van der Waals surface area contributed by atoms with Gasteiger partial charge in [-0.3, -0.25) is 9.59 Å². The molecule has 1 unspecified atom stereocenters. The zero-order valence-electron chi connectivity index (χ0n) is 21.3. The van der Waals surface area contributed by atoms with E-state index in [1.54, 1.807) is 24.3 Å². The van der Waals surface area contributed by atoms with Gasteiger partial charge in [0, 0.05) is 11.8 Å². The van der Waals surface area contributed by atoms with Crippen LogP contribution >= 0.6 is 0 Å². The van der Waals surface area contributed by atoms with Crippen LogP contribution in [0, 0.1) is 11.3 Å². The van der Waals surface area contributed by atoms with Gasteiger partial charge in [0.05, 0.1) is 11.3 Å². The maximum Gasteiger partial charge on any atom is 0.312 e. The second-order valence-electron chi connectivity index (χ2n) is 11.3. The van der Waals surface area contributed by atoms with Crippen molar-refractivity contribution in [1.82, 2.24) is 0 Å². The van der Waals surface area contributed by atoms with Crippen molar-refractivity contribution in [3.63, 3.8) is 0 Å². The molecule has 2 aliphatic carbocycles. The van der Waals surface area contributed by atoms with Crippen molar-refractivity contribution >= 4 is 23.6 Å². The first-order valence-corrected chi connectivity index (χ1v) is 12.8. The van der Waals surface area contributed by atoms with Gasteiger partial charge in [-0.2, -0.15) is 8.78 Å². The van der Waals surface area contributed by atoms with Crippen molar-refractivity contribution in [2.45, 2.75) is 77.2 Å². The molecule has 0 heterocycles. The Kier molecular flexibility index (Phi) is 7.62. The molecule has 0 spiro atoms. The number of halogens is 2. The summed E-state index contributed by atoms with van der Waals surface area (Å²) in [6.07, 6.45) is 5.39. The van der Waals surface area contributed by atoms with E-state index in [2.05, 4.69) is 5.32 Å². The highest BCUT2D eigenvalue weighted by atomic mass is 19.3. The summed E-state index contributed by atoms with van der Waals surface area (Å²) in [6, 6.07) is 14.5. The summed E-state index contributed by atoms with van der Waals surface area (Å²) in [5.74, 6) is -0.376. The summed E-state index contributed by atoms with van der Waals surface area (Å²) in [5.41, 5.74) is 1.94. The minimum Gasteiger partial charge on any atom is -0.460 e. The quantitative estimate of drug-likeness (QED) is 0.386. The zero-order valence-corrected chi connectivity index (χ0v) is 21.3. The second-order valence-corrected chi connectivity index (χ2v) is 11.3. The molecule has 2 aromatic rings. The molecule has 36 heavy (non-hydrogen) atoms. The molecule has 1 atom stereocenters. The number of carbonyl (C=O) groups is 2. The fourth-order valence-electron chi connectivity index (χ4n) is 5.21. The lowest BCUT2D eigenvalue weighted by Crippen LogP contribution is -2.30. The predicted molar refractivity (Wildman–Crippen MR) is 138 cm³/mol. The molecule has 2 aliphatic rings. The highest BCUT2D eigenvalue weighted by Crippen LogP contribution is 2.50. The second kappa shape index (κ2) is 10.5.